The summed E-state index contributed by atoms with van der Waals surface area (Å²) in [7, 11) is 0. The summed E-state index contributed by atoms with van der Waals surface area (Å²) in [5, 5.41) is 3.06. The van der Waals surface area contributed by atoms with E-state index in [4.69, 9.17) is 0 Å². The van der Waals surface area contributed by atoms with E-state index < -0.39 is 0 Å². The minimum atomic E-state index is -0.340. The first-order chi connectivity index (χ1) is 13.3. The second-order valence-corrected chi connectivity index (χ2v) is 8.30. The Morgan fingerprint density at radius 3 is 2.32 bits per heavy atom. The van der Waals surface area contributed by atoms with E-state index in [-0.39, 0.29) is 24.2 Å². The number of hydrogen-bond donors (Lipinski definition) is 1. The maximum atomic E-state index is 12.9. The molecule has 148 valence electrons. The van der Waals surface area contributed by atoms with Crippen molar-refractivity contribution in [2.75, 3.05) is 16.8 Å². The molecule has 0 aliphatic carbocycles. The van der Waals surface area contributed by atoms with Gasteiger partial charge in [0.1, 0.15) is 0 Å². The lowest BCUT2D eigenvalue weighted by Gasteiger charge is -2.24. The van der Waals surface area contributed by atoms with Crippen LogP contribution in [0.1, 0.15) is 62.6 Å². The smallest absolute Gasteiger partial charge is 0.229 e. The molecular formula is C24H30N2O2. The number of rotatable bonds is 5. The van der Waals surface area contributed by atoms with Gasteiger partial charge in [-0.25, -0.2) is 0 Å². The molecule has 1 fully saturated rings. The first kappa shape index (κ1) is 20.1. The molecule has 1 heterocycles. The lowest BCUT2D eigenvalue weighted by atomic mass is 9.97. The van der Waals surface area contributed by atoms with E-state index in [0.29, 0.717) is 18.4 Å². The quantitative estimate of drug-likeness (QED) is 0.774. The van der Waals surface area contributed by atoms with E-state index in [0.717, 1.165) is 28.1 Å². The number of nitrogens with one attached hydrogen (secondary N) is 1. The summed E-state index contributed by atoms with van der Waals surface area (Å²) in [6.07, 6.45) is 0.252. The lowest BCUT2D eigenvalue weighted by molar-refractivity contribution is -0.122. The third-order valence-corrected chi connectivity index (χ3v) is 5.50. The standard InChI is InChI=1S/C24H30N2O2/c1-15(2)19-10-6-7-12-21(19)25-24(28)18-13-22(27)26(14-18)23-17(5)9-8-11-20(23)16(3)4/h6-12,15-16,18H,13-14H2,1-5H3,(H,25,28). The largest absolute Gasteiger partial charge is 0.326 e. The summed E-state index contributed by atoms with van der Waals surface area (Å²) in [6.45, 7) is 10.9. The van der Waals surface area contributed by atoms with Crippen molar-refractivity contribution in [3.63, 3.8) is 0 Å². The molecular weight excluding hydrogens is 348 g/mol. The Morgan fingerprint density at radius 2 is 1.64 bits per heavy atom. The maximum Gasteiger partial charge on any atom is 0.229 e. The first-order valence-corrected chi connectivity index (χ1v) is 10.1. The van der Waals surface area contributed by atoms with Crippen LogP contribution in [0.3, 0.4) is 0 Å². The number of anilines is 2. The summed E-state index contributed by atoms with van der Waals surface area (Å²) in [5.41, 5.74) is 5.15. The molecule has 1 aliphatic rings. The van der Waals surface area contributed by atoms with Crippen molar-refractivity contribution in [3.8, 4) is 0 Å². The van der Waals surface area contributed by atoms with Crippen LogP contribution in [0.2, 0.25) is 0 Å². The van der Waals surface area contributed by atoms with Gasteiger partial charge < -0.3 is 10.2 Å². The molecule has 1 atom stereocenters. The molecule has 0 bridgehead atoms. The summed E-state index contributed by atoms with van der Waals surface area (Å²) in [6, 6.07) is 14.0. The van der Waals surface area contributed by atoms with Crippen LogP contribution in [0.5, 0.6) is 0 Å². The van der Waals surface area contributed by atoms with E-state index in [1.54, 1.807) is 0 Å². The van der Waals surface area contributed by atoms with Gasteiger partial charge in [0.05, 0.1) is 5.92 Å². The van der Waals surface area contributed by atoms with E-state index in [9.17, 15) is 9.59 Å². The van der Waals surface area contributed by atoms with Crippen molar-refractivity contribution in [2.45, 2.75) is 52.9 Å². The molecule has 0 saturated carbocycles. The maximum absolute atomic E-state index is 12.9. The van der Waals surface area contributed by atoms with Crippen LogP contribution in [-0.2, 0) is 9.59 Å². The molecule has 1 unspecified atom stereocenters. The van der Waals surface area contributed by atoms with E-state index in [2.05, 4.69) is 39.1 Å². The Labute approximate surface area is 167 Å². The molecule has 2 amide bonds. The fourth-order valence-corrected chi connectivity index (χ4v) is 3.96. The van der Waals surface area contributed by atoms with Crippen LogP contribution in [0, 0.1) is 12.8 Å². The number of hydrogen-bond acceptors (Lipinski definition) is 2. The fraction of sp³-hybridized carbons (Fsp3) is 0.417. The van der Waals surface area contributed by atoms with Gasteiger partial charge in [0, 0.05) is 24.3 Å². The molecule has 1 saturated heterocycles. The highest BCUT2D eigenvalue weighted by Gasteiger charge is 2.37. The number of amides is 2. The van der Waals surface area contributed by atoms with Crippen LogP contribution in [-0.4, -0.2) is 18.4 Å². The zero-order valence-corrected chi connectivity index (χ0v) is 17.5. The summed E-state index contributed by atoms with van der Waals surface area (Å²) in [5.74, 6) is 0.233. The third kappa shape index (κ3) is 3.96. The second kappa shape index (κ2) is 8.17. The van der Waals surface area contributed by atoms with Gasteiger partial charge in [0.15, 0.2) is 0 Å². The molecule has 3 rings (SSSR count). The molecule has 2 aromatic carbocycles. The molecule has 0 spiro atoms. The normalized spacial score (nSPS) is 16.9. The van der Waals surface area contributed by atoms with Gasteiger partial charge in [-0.15, -0.1) is 0 Å². The van der Waals surface area contributed by atoms with Gasteiger partial charge >= 0.3 is 0 Å². The van der Waals surface area contributed by atoms with Gasteiger partial charge in [0.2, 0.25) is 11.8 Å². The van der Waals surface area contributed by atoms with E-state index >= 15 is 0 Å². The molecule has 1 aliphatic heterocycles. The van der Waals surface area contributed by atoms with Crippen molar-refractivity contribution < 1.29 is 9.59 Å². The van der Waals surface area contributed by atoms with Crippen molar-refractivity contribution in [1.82, 2.24) is 0 Å². The predicted molar refractivity (Wildman–Crippen MR) is 115 cm³/mol. The Balaban J connectivity index is 1.82. The highest BCUT2D eigenvalue weighted by molar-refractivity contribution is 6.04. The summed E-state index contributed by atoms with van der Waals surface area (Å²) in [4.78, 5) is 27.5. The zero-order valence-electron chi connectivity index (χ0n) is 17.5. The molecule has 4 nitrogen and oxygen atoms in total. The number of aryl methyl sites for hydroxylation is 1. The Hall–Kier alpha value is -2.62. The van der Waals surface area contributed by atoms with Gasteiger partial charge in [-0.2, -0.15) is 0 Å². The summed E-state index contributed by atoms with van der Waals surface area (Å²) < 4.78 is 0. The SMILES string of the molecule is Cc1cccc(C(C)C)c1N1CC(C(=O)Nc2ccccc2C(C)C)CC1=O. The van der Waals surface area contributed by atoms with Gasteiger partial charge in [0.25, 0.3) is 0 Å². The highest BCUT2D eigenvalue weighted by Crippen LogP contribution is 2.35. The number of carbonyl (C=O) groups is 2. The Kier molecular flexibility index (Phi) is 5.87. The van der Waals surface area contributed by atoms with Crippen LogP contribution >= 0.6 is 0 Å². The van der Waals surface area contributed by atoms with Crippen LogP contribution in [0.25, 0.3) is 0 Å². The molecule has 2 aromatic rings. The molecule has 1 N–H and O–H groups in total. The van der Waals surface area contributed by atoms with E-state index in [1.807, 2.05) is 48.2 Å². The highest BCUT2D eigenvalue weighted by atomic mass is 16.2. The van der Waals surface area contributed by atoms with Gasteiger partial charge in [-0.05, 0) is 41.5 Å². The number of nitrogens with zero attached hydrogens (tertiary/aromatic N) is 1. The van der Waals surface area contributed by atoms with E-state index in [1.165, 1.54) is 0 Å². The topological polar surface area (TPSA) is 49.4 Å². The number of para-hydroxylation sites is 2. The Morgan fingerprint density at radius 1 is 1.00 bits per heavy atom. The van der Waals surface area contributed by atoms with Crippen LogP contribution in [0.15, 0.2) is 42.5 Å². The van der Waals surface area contributed by atoms with Gasteiger partial charge in [-0.3, -0.25) is 9.59 Å². The average Bonchev–Trinajstić information content (AvgIpc) is 3.03. The first-order valence-electron chi connectivity index (χ1n) is 10.1. The molecule has 4 heteroatoms. The Bertz CT molecular complexity index is 886. The van der Waals surface area contributed by atoms with Crippen LogP contribution < -0.4 is 10.2 Å². The van der Waals surface area contributed by atoms with Crippen molar-refractivity contribution in [2.24, 2.45) is 5.92 Å². The number of benzene rings is 2. The molecule has 0 radical (unpaired) electrons. The van der Waals surface area contributed by atoms with Crippen molar-refractivity contribution in [1.29, 1.82) is 0 Å². The monoisotopic (exact) mass is 378 g/mol. The molecule has 28 heavy (non-hydrogen) atoms. The minimum absolute atomic E-state index is 0.0218. The second-order valence-electron chi connectivity index (χ2n) is 8.30. The zero-order chi connectivity index (χ0) is 20.4. The van der Waals surface area contributed by atoms with Gasteiger partial charge in [-0.1, -0.05) is 64.1 Å². The lowest BCUT2D eigenvalue weighted by Crippen LogP contribution is -2.29. The minimum Gasteiger partial charge on any atom is -0.326 e. The van der Waals surface area contributed by atoms with Crippen LogP contribution in [0.4, 0.5) is 11.4 Å². The van der Waals surface area contributed by atoms with Crippen molar-refractivity contribution >= 4 is 23.2 Å². The van der Waals surface area contributed by atoms with Crippen molar-refractivity contribution in [3.05, 3.63) is 59.2 Å². The summed E-state index contributed by atoms with van der Waals surface area (Å²) >= 11 is 0. The third-order valence-electron chi connectivity index (χ3n) is 5.50. The average molecular weight is 379 g/mol. The predicted octanol–water partition coefficient (Wildman–Crippen LogP) is 5.23. The number of carbonyl (C=O) groups excluding carboxylic acids is 2. The molecule has 0 aromatic heterocycles. The fourth-order valence-electron chi connectivity index (χ4n) is 3.96.